The zero-order valence-corrected chi connectivity index (χ0v) is 15.4. The molecule has 1 aliphatic heterocycles. The van der Waals surface area contributed by atoms with Gasteiger partial charge >= 0.3 is 6.03 Å². The molecule has 0 radical (unpaired) electrons. The van der Waals surface area contributed by atoms with Gasteiger partial charge in [-0.25, -0.2) is 4.79 Å². The third kappa shape index (κ3) is 3.52. The van der Waals surface area contributed by atoms with Crippen LogP contribution in [0.1, 0.15) is 12.5 Å². The van der Waals surface area contributed by atoms with Crippen LogP contribution in [-0.2, 0) is 15.1 Å². The lowest BCUT2D eigenvalue weighted by atomic mass is 9.92. The third-order valence-electron chi connectivity index (χ3n) is 4.37. The molecule has 9 nitrogen and oxygen atoms in total. The van der Waals surface area contributed by atoms with Crippen molar-refractivity contribution >= 4 is 40.8 Å². The number of rotatable bonds is 5. The topological polar surface area (TPSA) is 122 Å². The highest BCUT2D eigenvalue weighted by Gasteiger charge is 2.49. The molecule has 0 spiro atoms. The zero-order valence-electron chi connectivity index (χ0n) is 14.6. The summed E-state index contributed by atoms with van der Waals surface area (Å²) in [4.78, 5) is 48.3. The molecule has 28 heavy (non-hydrogen) atoms. The number of nitro groups is 1. The van der Waals surface area contributed by atoms with Gasteiger partial charge in [0.1, 0.15) is 12.1 Å². The van der Waals surface area contributed by atoms with Gasteiger partial charge in [-0.3, -0.25) is 24.6 Å². The van der Waals surface area contributed by atoms with Gasteiger partial charge in [-0.15, -0.1) is 0 Å². The first-order valence-electron chi connectivity index (χ1n) is 8.16. The maximum atomic E-state index is 12.8. The molecule has 2 aromatic carbocycles. The summed E-state index contributed by atoms with van der Waals surface area (Å²) >= 11 is 5.94. The summed E-state index contributed by atoms with van der Waals surface area (Å²) < 4.78 is 0. The molecule has 0 saturated carbocycles. The van der Waals surface area contributed by atoms with E-state index in [9.17, 15) is 24.5 Å². The Kier molecular flexibility index (Phi) is 5.02. The van der Waals surface area contributed by atoms with Gasteiger partial charge < -0.3 is 10.6 Å². The number of anilines is 1. The Morgan fingerprint density at radius 2 is 1.93 bits per heavy atom. The molecule has 1 heterocycles. The minimum atomic E-state index is -1.27. The molecule has 4 amide bonds. The van der Waals surface area contributed by atoms with Crippen LogP contribution in [0.25, 0.3) is 0 Å². The van der Waals surface area contributed by atoms with Crippen LogP contribution in [0.3, 0.4) is 0 Å². The number of nitrogens with zero attached hydrogens (tertiary/aromatic N) is 2. The average Bonchev–Trinajstić information content (AvgIpc) is 2.88. The van der Waals surface area contributed by atoms with Gasteiger partial charge in [0.2, 0.25) is 5.91 Å². The van der Waals surface area contributed by atoms with Crippen molar-refractivity contribution in [3.8, 4) is 0 Å². The minimum absolute atomic E-state index is 0.0335. The number of hydrogen-bond donors (Lipinski definition) is 2. The van der Waals surface area contributed by atoms with E-state index < -0.39 is 34.9 Å². The van der Waals surface area contributed by atoms with E-state index in [0.717, 1.165) is 11.0 Å². The molecule has 0 aromatic heterocycles. The van der Waals surface area contributed by atoms with E-state index in [1.54, 1.807) is 37.3 Å². The van der Waals surface area contributed by atoms with Crippen molar-refractivity contribution in [3.05, 3.63) is 69.2 Å². The van der Waals surface area contributed by atoms with Gasteiger partial charge in [0.15, 0.2) is 0 Å². The fraction of sp³-hybridized carbons (Fsp3) is 0.167. The quantitative estimate of drug-likeness (QED) is 0.452. The van der Waals surface area contributed by atoms with Gasteiger partial charge in [-0.2, -0.15) is 0 Å². The molecule has 2 aromatic rings. The number of nitro benzene ring substituents is 1. The largest absolute Gasteiger partial charge is 0.325 e. The molecular formula is C18H15ClN4O5. The van der Waals surface area contributed by atoms with Gasteiger partial charge in [0, 0.05) is 12.1 Å². The highest BCUT2D eigenvalue weighted by molar-refractivity contribution is 6.34. The number of halogens is 1. The molecule has 2 N–H and O–H groups in total. The second kappa shape index (κ2) is 7.28. The van der Waals surface area contributed by atoms with E-state index in [1.165, 1.54) is 12.1 Å². The monoisotopic (exact) mass is 402 g/mol. The molecule has 0 bridgehead atoms. The molecule has 1 saturated heterocycles. The van der Waals surface area contributed by atoms with Gasteiger partial charge in [0.05, 0.1) is 15.6 Å². The molecule has 1 aliphatic rings. The molecule has 144 valence electrons. The fourth-order valence-electron chi connectivity index (χ4n) is 2.86. The first-order valence-corrected chi connectivity index (χ1v) is 8.53. The van der Waals surface area contributed by atoms with E-state index in [2.05, 4.69) is 10.6 Å². The van der Waals surface area contributed by atoms with Crippen LogP contribution in [0, 0.1) is 10.1 Å². The van der Waals surface area contributed by atoms with Crippen molar-refractivity contribution in [2.45, 2.75) is 12.5 Å². The molecule has 1 fully saturated rings. The van der Waals surface area contributed by atoms with Crippen LogP contribution < -0.4 is 10.6 Å². The number of carbonyl (C=O) groups excluding carboxylic acids is 3. The lowest BCUT2D eigenvalue weighted by Gasteiger charge is -2.22. The van der Waals surface area contributed by atoms with Gasteiger partial charge in [-0.05, 0) is 18.6 Å². The van der Waals surface area contributed by atoms with Crippen molar-refractivity contribution in [2.24, 2.45) is 0 Å². The number of amides is 4. The number of benzene rings is 2. The Morgan fingerprint density at radius 3 is 2.54 bits per heavy atom. The van der Waals surface area contributed by atoms with Crippen LogP contribution >= 0.6 is 11.6 Å². The average molecular weight is 403 g/mol. The van der Waals surface area contributed by atoms with E-state index in [1.807, 2.05) is 0 Å². The molecular weight excluding hydrogens is 388 g/mol. The SMILES string of the molecule is CC1(c2ccccc2)NC(=O)N(CC(=O)Nc2ccc([N+](=O)[O-])cc2Cl)C1=O. The summed E-state index contributed by atoms with van der Waals surface area (Å²) in [5.41, 5.74) is -0.774. The summed E-state index contributed by atoms with van der Waals surface area (Å²) in [7, 11) is 0. The standard InChI is InChI=1S/C18H15ClN4O5/c1-18(11-5-3-2-4-6-11)16(25)22(17(26)21-18)10-15(24)20-14-8-7-12(23(27)28)9-13(14)19/h2-9H,10H2,1H3,(H,20,24)(H,21,26). The van der Waals surface area contributed by atoms with Crippen LogP contribution in [-0.4, -0.2) is 34.2 Å². The predicted octanol–water partition coefficient (Wildman–Crippen LogP) is 2.65. The summed E-state index contributed by atoms with van der Waals surface area (Å²) in [6.45, 7) is 1.04. The zero-order chi connectivity index (χ0) is 20.5. The molecule has 1 unspecified atom stereocenters. The number of imide groups is 1. The predicted molar refractivity (Wildman–Crippen MR) is 101 cm³/mol. The maximum absolute atomic E-state index is 12.8. The van der Waals surface area contributed by atoms with Crippen LogP contribution in [0.5, 0.6) is 0 Å². The van der Waals surface area contributed by atoms with Crippen LogP contribution in [0.15, 0.2) is 48.5 Å². The second-order valence-corrected chi connectivity index (χ2v) is 6.69. The highest BCUT2D eigenvalue weighted by atomic mass is 35.5. The number of carbonyl (C=O) groups is 3. The Labute approximate surface area is 164 Å². The van der Waals surface area contributed by atoms with Crippen LogP contribution in [0.4, 0.5) is 16.2 Å². The van der Waals surface area contributed by atoms with E-state index in [0.29, 0.717) is 5.56 Å². The fourth-order valence-corrected chi connectivity index (χ4v) is 3.08. The maximum Gasteiger partial charge on any atom is 0.325 e. The Balaban J connectivity index is 1.73. The normalized spacial score (nSPS) is 18.7. The lowest BCUT2D eigenvalue weighted by Crippen LogP contribution is -2.42. The first-order chi connectivity index (χ1) is 13.2. The smallest absolute Gasteiger partial charge is 0.323 e. The Morgan fingerprint density at radius 1 is 1.25 bits per heavy atom. The van der Waals surface area contributed by atoms with Crippen molar-refractivity contribution in [1.29, 1.82) is 0 Å². The Hall–Kier alpha value is -3.46. The number of urea groups is 1. The molecule has 10 heteroatoms. The molecule has 1 atom stereocenters. The second-order valence-electron chi connectivity index (χ2n) is 6.28. The van der Waals surface area contributed by atoms with E-state index in [-0.39, 0.29) is 16.4 Å². The lowest BCUT2D eigenvalue weighted by molar-refractivity contribution is -0.384. The number of hydrogen-bond acceptors (Lipinski definition) is 5. The third-order valence-corrected chi connectivity index (χ3v) is 4.68. The van der Waals surface area contributed by atoms with Crippen molar-refractivity contribution in [3.63, 3.8) is 0 Å². The van der Waals surface area contributed by atoms with Crippen LogP contribution in [0.2, 0.25) is 5.02 Å². The summed E-state index contributed by atoms with van der Waals surface area (Å²) in [5.74, 6) is -1.23. The molecule has 3 rings (SSSR count). The van der Waals surface area contributed by atoms with Crippen molar-refractivity contribution in [2.75, 3.05) is 11.9 Å². The van der Waals surface area contributed by atoms with E-state index in [4.69, 9.17) is 11.6 Å². The first kappa shape index (κ1) is 19.3. The number of nitrogens with one attached hydrogen (secondary N) is 2. The minimum Gasteiger partial charge on any atom is -0.323 e. The van der Waals surface area contributed by atoms with Crippen molar-refractivity contribution < 1.29 is 19.3 Å². The van der Waals surface area contributed by atoms with Gasteiger partial charge in [-0.1, -0.05) is 41.9 Å². The summed E-state index contributed by atoms with van der Waals surface area (Å²) in [6.07, 6.45) is 0. The number of non-ortho nitro benzene ring substituents is 1. The summed E-state index contributed by atoms with van der Waals surface area (Å²) in [6, 6.07) is 11.5. The van der Waals surface area contributed by atoms with Gasteiger partial charge in [0.25, 0.3) is 11.6 Å². The van der Waals surface area contributed by atoms with E-state index >= 15 is 0 Å². The summed E-state index contributed by atoms with van der Waals surface area (Å²) in [5, 5.41) is 15.8. The highest BCUT2D eigenvalue weighted by Crippen LogP contribution is 2.29. The molecule has 0 aliphatic carbocycles. The Bertz CT molecular complexity index is 981. The van der Waals surface area contributed by atoms with Crippen molar-refractivity contribution in [1.82, 2.24) is 10.2 Å².